The summed E-state index contributed by atoms with van der Waals surface area (Å²) >= 11 is 6.81. The number of hydrogen-bond acceptors (Lipinski definition) is 3. The third-order valence-electron chi connectivity index (χ3n) is 2.85. The van der Waals surface area contributed by atoms with Gasteiger partial charge in [-0.2, -0.15) is 0 Å². The van der Waals surface area contributed by atoms with Gasteiger partial charge < -0.3 is 16.3 Å². The lowest BCUT2D eigenvalue weighted by Crippen LogP contribution is -2.14. The zero-order chi connectivity index (χ0) is 15.4. The van der Waals surface area contributed by atoms with E-state index < -0.39 is 5.82 Å². The summed E-state index contributed by atoms with van der Waals surface area (Å²) in [7, 11) is 0. The average Bonchev–Trinajstić information content (AvgIpc) is 2.48. The largest absolute Gasteiger partial charge is 0.409 e. The molecule has 0 bridgehead atoms. The van der Waals surface area contributed by atoms with Crippen molar-refractivity contribution in [3.8, 4) is 0 Å². The molecule has 4 N–H and O–H groups in total. The SMILES string of the molecule is NC(=NO)c1ccc(CNc2cc(Br)ccc2Br)c(F)c1. The van der Waals surface area contributed by atoms with Crippen LogP contribution in [0.15, 0.2) is 50.5 Å². The average molecular weight is 417 g/mol. The van der Waals surface area contributed by atoms with E-state index in [2.05, 4.69) is 42.3 Å². The predicted octanol–water partition coefficient (Wildman–Crippen LogP) is 4.06. The molecule has 0 aromatic heterocycles. The van der Waals surface area contributed by atoms with Crippen molar-refractivity contribution in [3.05, 3.63) is 62.3 Å². The Labute approximate surface area is 138 Å². The third kappa shape index (κ3) is 3.95. The van der Waals surface area contributed by atoms with Gasteiger partial charge in [-0.15, -0.1) is 0 Å². The maximum absolute atomic E-state index is 14.0. The van der Waals surface area contributed by atoms with Crippen LogP contribution in [-0.4, -0.2) is 11.0 Å². The first-order chi connectivity index (χ1) is 10.0. The van der Waals surface area contributed by atoms with Crippen LogP contribution in [-0.2, 0) is 6.54 Å². The highest BCUT2D eigenvalue weighted by atomic mass is 79.9. The van der Waals surface area contributed by atoms with E-state index in [9.17, 15) is 4.39 Å². The molecule has 0 saturated heterocycles. The summed E-state index contributed by atoms with van der Waals surface area (Å²) in [6.07, 6.45) is 0. The zero-order valence-corrected chi connectivity index (χ0v) is 13.9. The summed E-state index contributed by atoms with van der Waals surface area (Å²) in [5.41, 5.74) is 7.09. The van der Waals surface area contributed by atoms with E-state index in [1.165, 1.54) is 6.07 Å². The van der Waals surface area contributed by atoms with E-state index in [1.807, 2.05) is 18.2 Å². The third-order valence-corrected chi connectivity index (χ3v) is 4.04. The maximum atomic E-state index is 14.0. The number of oxime groups is 1. The Morgan fingerprint density at radius 1 is 1.24 bits per heavy atom. The molecule has 110 valence electrons. The topological polar surface area (TPSA) is 70.6 Å². The molecular weight excluding hydrogens is 405 g/mol. The molecule has 0 fully saturated rings. The van der Waals surface area contributed by atoms with Crippen molar-refractivity contribution in [2.24, 2.45) is 10.9 Å². The number of nitrogens with two attached hydrogens (primary N) is 1. The summed E-state index contributed by atoms with van der Waals surface area (Å²) in [6, 6.07) is 10.1. The van der Waals surface area contributed by atoms with Gasteiger partial charge in [-0.3, -0.25) is 0 Å². The van der Waals surface area contributed by atoms with Gasteiger partial charge in [0.2, 0.25) is 0 Å². The Balaban J connectivity index is 2.15. The summed E-state index contributed by atoms with van der Waals surface area (Å²) < 4.78 is 15.8. The van der Waals surface area contributed by atoms with Crippen LogP contribution in [0.25, 0.3) is 0 Å². The molecule has 0 spiro atoms. The second-order valence-electron chi connectivity index (χ2n) is 4.27. The standard InChI is InChI=1S/C14H12Br2FN3O/c15-10-3-4-11(16)13(6-10)19-7-9-2-1-8(5-12(9)17)14(18)20-21/h1-6,19,21H,7H2,(H2,18,20). The Kier molecular flexibility index (Phi) is 5.19. The van der Waals surface area contributed by atoms with Gasteiger partial charge in [0.1, 0.15) is 5.82 Å². The number of benzene rings is 2. The van der Waals surface area contributed by atoms with E-state index in [4.69, 9.17) is 10.9 Å². The normalized spacial score (nSPS) is 11.5. The van der Waals surface area contributed by atoms with Gasteiger partial charge >= 0.3 is 0 Å². The molecular formula is C14H12Br2FN3O. The van der Waals surface area contributed by atoms with Gasteiger partial charge in [0.25, 0.3) is 0 Å². The fraction of sp³-hybridized carbons (Fsp3) is 0.0714. The van der Waals surface area contributed by atoms with E-state index in [0.717, 1.165) is 14.6 Å². The minimum Gasteiger partial charge on any atom is -0.409 e. The molecule has 0 atom stereocenters. The second-order valence-corrected chi connectivity index (χ2v) is 6.04. The van der Waals surface area contributed by atoms with Gasteiger partial charge in [-0.1, -0.05) is 33.2 Å². The Hall–Kier alpha value is -1.60. The van der Waals surface area contributed by atoms with E-state index >= 15 is 0 Å². The van der Waals surface area contributed by atoms with E-state index in [0.29, 0.717) is 17.7 Å². The van der Waals surface area contributed by atoms with Crippen LogP contribution in [0.3, 0.4) is 0 Å². The summed E-state index contributed by atoms with van der Waals surface area (Å²) in [4.78, 5) is 0. The first-order valence-electron chi connectivity index (χ1n) is 5.96. The molecule has 0 aliphatic rings. The number of nitrogens with zero attached hydrogens (tertiary/aromatic N) is 1. The quantitative estimate of drug-likeness (QED) is 0.304. The maximum Gasteiger partial charge on any atom is 0.170 e. The number of nitrogens with one attached hydrogen (secondary N) is 1. The lowest BCUT2D eigenvalue weighted by atomic mass is 10.1. The summed E-state index contributed by atoms with van der Waals surface area (Å²) in [6.45, 7) is 0.317. The van der Waals surface area contributed by atoms with Crippen molar-refractivity contribution >= 4 is 43.4 Å². The number of anilines is 1. The first kappa shape index (κ1) is 15.8. The van der Waals surface area contributed by atoms with Crippen molar-refractivity contribution in [2.75, 3.05) is 5.32 Å². The minimum absolute atomic E-state index is 0.122. The molecule has 2 aromatic carbocycles. The lowest BCUT2D eigenvalue weighted by molar-refractivity contribution is 0.318. The van der Waals surface area contributed by atoms with Crippen LogP contribution in [0, 0.1) is 5.82 Å². The number of hydrogen-bond donors (Lipinski definition) is 3. The number of halogens is 3. The van der Waals surface area contributed by atoms with Crippen molar-refractivity contribution in [1.82, 2.24) is 0 Å². The molecule has 7 heteroatoms. The monoisotopic (exact) mass is 415 g/mol. The fourth-order valence-electron chi connectivity index (χ4n) is 1.73. The summed E-state index contributed by atoms with van der Waals surface area (Å²) in [5, 5.41) is 14.6. The molecule has 0 saturated carbocycles. The summed E-state index contributed by atoms with van der Waals surface area (Å²) in [5.74, 6) is -0.541. The highest BCUT2D eigenvalue weighted by Gasteiger charge is 2.07. The van der Waals surface area contributed by atoms with Crippen LogP contribution in [0.1, 0.15) is 11.1 Å². The lowest BCUT2D eigenvalue weighted by Gasteiger charge is -2.10. The molecule has 0 aliphatic carbocycles. The Morgan fingerprint density at radius 3 is 2.67 bits per heavy atom. The molecule has 0 amide bonds. The van der Waals surface area contributed by atoms with Crippen LogP contribution in [0.2, 0.25) is 0 Å². The van der Waals surface area contributed by atoms with E-state index in [-0.39, 0.29) is 5.84 Å². The molecule has 21 heavy (non-hydrogen) atoms. The van der Waals surface area contributed by atoms with Crippen LogP contribution < -0.4 is 11.1 Å². The molecule has 2 aromatic rings. The molecule has 0 heterocycles. The number of amidine groups is 1. The minimum atomic E-state index is -0.419. The van der Waals surface area contributed by atoms with Crippen LogP contribution in [0.5, 0.6) is 0 Å². The van der Waals surface area contributed by atoms with Crippen molar-refractivity contribution in [2.45, 2.75) is 6.54 Å². The molecule has 0 unspecified atom stereocenters. The number of rotatable bonds is 4. The Morgan fingerprint density at radius 2 is 2.00 bits per heavy atom. The van der Waals surface area contributed by atoms with Crippen LogP contribution >= 0.6 is 31.9 Å². The highest BCUT2D eigenvalue weighted by molar-refractivity contribution is 9.11. The zero-order valence-electron chi connectivity index (χ0n) is 10.8. The molecule has 0 aliphatic heterocycles. The van der Waals surface area contributed by atoms with E-state index in [1.54, 1.807) is 12.1 Å². The predicted molar refractivity (Wildman–Crippen MR) is 88.1 cm³/mol. The van der Waals surface area contributed by atoms with Gasteiger partial charge in [-0.05, 0) is 40.2 Å². The first-order valence-corrected chi connectivity index (χ1v) is 7.55. The van der Waals surface area contributed by atoms with Gasteiger partial charge in [0.15, 0.2) is 5.84 Å². The fourth-order valence-corrected chi connectivity index (χ4v) is 2.48. The highest BCUT2D eigenvalue weighted by Crippen LogP contribution is 2.26. The van der Waals surface area contributed by atoms with Gasteiger partial charge in [0, 0.05) is 32.3 Å². The smallest absolute Gasteiger partial charge is 0.170 e. The molecule has 0 radical (unpaired) electrons. The van der Waals surface area contributed by atoms with Crippen LogP contribution in [0.4, 0.5) is 10.1 Å². The Bertz CT molecular complexity index is 692. The van der Waals surface area contributed by atoms with Crippen molar-refractivity contribution in [1.29, 1.82) is 0 Å². The second kappa shape index (κ2) is 6.91. The molecule has 2 rings (SSSR count). The molecule has 4 nitrogen and oxygen atoms in total. The van der Waals surface area contributed by atoms with Gasteiger partial charge in [-0.25, -0.2) is 4.39 Å². The van der Waals surface area contributed by atoms with Gasteiger partial charge in [0.05, 0.1) is 0 Å². The van der Waals surface area contributed by atoms with Crippen molar-refractivity contribution in [3.63, 3.8) is 0 Å². The van der Waals surface area contributed by atoms with Crippen molar-refractivity contribution < 1.29 is 9.60 Å².